The number of hydrogen-bond acceptors (Lipinski definition) is 2. The third-order valence-corrected chi connectivity index (χ3v) is 3.30. The lowest BCUT2D eigenvalue weighted by molar-refractivity contribution is 0.447. The Labute approximate surface area is 96.3 Å². The van der Waals surface area contributed by atoms with E-state index in [2.05, 4.69) is 22.9 Å². The molecule has 1 fully saturated rings. The van der Waals surface area contributed by atoms with Crippen LogP contribution in [-0.4, -0.2) is 17.6 Å². The van der Waals surface area contributed by atoms with E-state index >= 15 is 0 Å². The van der Waals surface area contributed by atoms with Gasteiger partial charge in [-0.15, -0.1) is 0 Å². The van der Waals surface area contributed by atoms with Gasteiger partial charge in [-0.25, -0.2) is 4.98 Å². The van der Waals surface area contributed by atoms with E-state index in [0.717, 1.165) is 12.4 Å². The first kappa shape index (κ1) is 10.7. The van der Waals surface area contributed by atoms with Gasteiger partial charge in [-0.3, -0.25) is 0 Å². The van der Waals surface area contributed by atoms with E-state index in [-0.39, 0.29) is 0 Å². The van der Waals surface area contributed by atoms with Crippen molar-refractivity contribution in [3.8, 4) is 0 Å². The predicted molar refractivity (Wildman–Crippen MR) is 64.5 cm³/mol. The summed E-state index contributed by atoms with van der Waals surface area (Å²) in [5.74, 6) is 1.04. The summed E-state index contributed by atoms with van der Waals surface area (Å²) in [5, 5.41) is 0.591. The van der Waals surface area contributed by atoms with Crippen molar-refractivity contribution in [3.63, 3.8) is 0 Å². The molecule has 0 N–H and O–H groups in total. The fourth-order valence-corrected chi connectivity index (χ4v) is 2.44. The van der Waals surface area contributed by atoms with Crippen molar-refractivity contribution in [2.75, 3.05) is 11.4 Å². The number of pyridine rings is 1. The van der Waals surface area contributed by atoms with E-state index in [9.17, 15) is 0 Å². The van der Waals surface area contributed by atoms with Gasteiger partial charge in [0.25, 0.3) is 0 Å². The Morgan fingerprint density at radius 1 is 1.47 bits per heavy atom. The Bertz CT molecular complexity index is 327. The van der Waals surface area contributed by atoms with Crippen molar-refractivity contribution in [2.45, 2.75) is 38.6 Å². The maximum atomic E-state index is 5.92. The predicted octanol–water partition coefficient (Wildman–Crippen LogP) is 3.50. The molecule has 1 aromatic heterocycles. The summed E-state index contributed by atoms with van der Waals surface area (Å²) in [6.45, 7) is 3.36. The monoisotopic (exact) mass is 224 g/mol. The van der Waals surface area contributed by atoms with Crippen LogP contribution in [0.1, 0.15) is 32.6 Å². The molecule has 1 aromatic rings. The molecule has 3 heteroatoms. The molecule has 1 aliphatic heterocycles. The molecule has 15 heavy (non-hydrogen) atoms. The normalized spacial score (nSPS) is 21.7. The molecule has 0 amide bonds. The van der Waals surface area contributed by atoms with Gasteiger partial charge in [0.1, 0.15) is 11.0 Å². The highest BCUT2D eigenvalue weighted by Crippen LogP contribution is 2.25. The lowest BCUT2D eigenvalue weighted by Crippen LogP contribution is -2.39. The molecule has 1 saturated heterocycles. The van der Waals surface area contributed by atoms with Gasteiger partial charge in [-0.2, -0.15) is 0 Å². The maximum absolute atomic E-state index is 5.92. The van der Waals surface area contributed by atoms with Gasteiger partial charge < -0.3 is 4.90 Å². The molecule has 1 aliphatic rings. The molecule has 0 saturated carbocycles. The molecule has 0 aromatic carbocycles. The number of aromatic nitrogens is 1. The molecule has 0 aliphatic carbocycles. The minimum atomic E-state index is 0.591. The van der Waals surface area contributed by atoms with Gasteiger partial charge >= 0.3 is 0 Å². The van der Waals surface area contributed by atoms with Crippen LogP contribution < -0.4 is 4.90 Å². The fraction of sp³-hybridized carbons (Fsp3) is 0.583. The second-order valence-electron chi connectivity index (χ2n) is 4.07. The molecule has 82 valence electrons. The number of hydrogen-bond donors (Lipinski definition) is 0. The standard InChI is InChI=1S/C12H17ClN2/c1-2-10-6-3-4-9-15(10)12-8-5-7-11(13)14-12/h5,7-8,10H,2-4,6,9H2,1H3/t10-/m0/s1. The van der Waals surface area contributed by atoms with Crippen molar-refractivity contribution in [1.82, 2.24) is 4.98 Å². The zero-order valence-electron chi connectivity index (χ0n) is 9.12. The Morgan fingerprint density at radius 2 is 2.33 bits per heavy atom. The molecule has 0 unspecified atom stereocenters. The van der Waals surface area contributed by atoms with E-state index in [1.165, 1.54) is 25.7 Å². The summed E-state index contributed by atoms with van der Waals surface area (Å²) in [6.07, 6.45) is 5.08. The largest absolute Gasteiger partial charge is 0.354 e. The molecule has 0 bridgehead atoms. The maximum Gasteiger partial charge on any atom is 0.131 e. The van der Waals surface area contributed by atoms with Crippen LogP contribution in [0.4, 0.5) is 5.82 Å². The third kappa shape index (κ3) is 2.43. The third-order valence-electron chi connectivity index (χ3n) is 3.09. The van der Waals surface area contributed by atoms with Gasteiger partial charge in [0, 0.05) is 12.6 Å². The summed E-state index contributed by atoms with van der Waals surface area (Å²) in [4.78, 5) is 6.78. The van der Waals surface area contributed by atoms with Crippen LogP contribution in [0.15, 0.2) is 18.2 Å². The molecule has 0 radical (unpaired) electrons. The van der Waals surface area contributed by atoms with Crippen molar-refractivity contribution < 1.29 is 0 Å². The summed E-state index contributed by atoms with van der Waals surface area (Å²) in [7, 11) is 0. The van der Waals surface area contributed by atoms with Gasteiger partial charge in [0.2, 0.25) is 0 Å². The first-order valence-corrected chi connectivity index (χ1v) is 6.08. The Kier molecular flexibility index (Phi) is 3.47. The average Bonchev–Trinajstić information content (AvgIpc) is 2.29. The fourth-order valence-electron chi connectivity index (χ4n) is 2.28. The molecule has 2 heterocycles. The topological polar surface area (TPSA) is 16.1 Å². The smallest absolute Gasteiger partial charge is 0.131 e. The van der Waals surface area contributed by atoms with Crippen LogP contribution in [0.2, 0.25) is 5.15 Å². The lowest BCUT2D eigenvalue weighted by atomic mass is 10.00. The highest BCUT2D eigenvalue weighted by atomic mass is 35.5. The first-order chi connectivity index (χ1) is 7.31. The van der Waals surface area contributed by atoms with E-state index in [1.54, 1.807) is 0 Å². The number of halogens is 1. The second kappa shape index (κ2) is 4.84. The number of anilines is 1. The zero-order chi connectivity index (χ0) is 10.7. The van der Waals surface area contributed by atoms with Crippen molar-refractivity contribution in [3.05, 3.63) is 23.4 Å². The Morgan fingerprint density at radius 3 is 3.07 bits per heavy atom. The molecule has 0 spiro atoms. The van der Waals surface area contributed by atoms with Crippen LogP contribution >= 0.6 is 11.6 Å². The van der Waals surface area contributed by atoms with E-state index in [0.29, 0.717) is 11.2 Å². The average molecular weight is 225 g/mol. The Hall–Kier alpha value is -0.760. The van der Waals surface area contributed by atoms with E-state index < -0.39 is 0 Å². The van der Waals surface area contributed by atoms with Crippen LogP contribution in [0, 0.1) is 0 Å². The highest BCUT2D eigenvalue weighted by Gasteiger charge is 2.21. The second-order valence-corrected chi connectivity index (χ2v) is 4.46. The highest BCUT2D eigenvalue weighted by molar-refractivity contribution is 6.29. The van der Waals surface area contributed by atoms with Crippen LogP contribution in [-0.2, 0) is 0 Å². The van der Waals surface area contributed by atoms with Crippen LogP contribution in [0.5, 0.6) is 0 Å². The van der Waals surface area contributed by atoms with E-state index in [4.69, 9.17) is 11.6 Å². The minimum Gasteiger partial charge on any atom is -0.354 e. The van der Waals surface area contributed by atoms with Crippen molar-refractivity contribution >= 4 is 17.4 Å². The van der Waals surface area contributed by atoms with Gasteiger partial charge in [0.15, 0.2) is 0 Å². The minimum absolute atomic E-state index is 0.591. The molecule has 2 rings (SSSR count). The number of piperidine rings is 1. The first-order valence-electron chi connectivity index (χ1n) is 5.70. The van der Waals surface area contributed by atoms with Crippen LogP contribution in [0.25, 0.3) is 0 Å². The zero-order valence-corrected chi connectivity index (χ0v) is 9.87. The van der Waals surface area contributed by atoms with Crippen molar-refractivity contribution in [1.29, 1.82) is 0 Å². The molecular formula is C12H17ClN2. The van der Waals surface area contributed by atoms with Gasteiger partial charge in [-0.05, 0) is 37.8 Å². The summed E-state index contributed by atoms with van der Waals surface area (Å²) < 4.78 is 0. The lowest BCUT2D eigenvalue weighted by Gasteiger charge is -2.36. The molecule has 2 nitrogen and oxygen atoms in total. The van der Waals surface area contributed by atoms with E-state index in [1.807, 2.05) is 12.1 Å². The summed E-state index contributed by atoms with van der Waals surface area (Å²) >= 11 is 5.92. The summed E-state index contributed by atoms with van der Waals surface area (Å²) in [5.41, 5.74) is 0. The Balaban J connectivity index is 2.20. The van der Waals surface area contributed by atoms with Crippen molar-refractivity contribution in [2.24, 2.45) is 0 Å². The van der Waals surface area contributed by atoms with Crippen LogP contribution in [0.3, 0.4) is 0 Å². The number of nitrogens with zero attached hydrogens (tertiary/aromatic N) is 2. The van der Waals surface area contributed by atoms with Gasteiger partial charge in [0.05, 0.1) is 0 Å². The molecular weight excluding hydrogens is 208 g/mol. The SMILES string of the molecule is CC[C@H]1CCCCN1c1cccc(Cl)n1. The molecule has 1 atom stereocenters. The quantitative estimate of drug-likeness (QED) is 0.715. The number of rotatable bonds is 2. The summed E-state index contributed by atoms with van der Waals surface area (Å²) in [6, 6.07) is 6.51. The van der Waals surface area contributed by atoms with Gasteiger partial charge in [-0.1, -0.05) is 24.6 Å².